The average Bonchev–Trinajstić information content (AvgIpc) is 3.28. The van der Waals surface area contributed by atoms with Gasteiger partial charge < -0.3 is 67.6 Å². The first-order chi connectivity index (χ1) is 32.0. The number of phenolic OH excluding ortho intramolecular Hbond substituents is 6. The Morgan fingerprint density at radius 1 is 0.382 bits per heavy atom. The first-order valence-corrected chi connectivity index (χ1v) is 21.3. The molecule has 0 aromatic heterocycles. The molecule has 1 saturated heterocycles. The van der Waals surface area contributed by atoms with Gasteiger partial charge in [0.25, 0.3) is 17.7 Å². The van der Waals surface area contributed by atoms with Gasteiger partial charge in [-0.05, 0) is 36.4 Å². The summed E-state index contributed by atoms with van der Waals surface area (Å²) in [5.41, 5.74) is -0.441. The van der Waals surface area contributed by atoms with E-state index in [1.165, 1.54) is 54.6 Å². The Kier molecular flexibility index (Phi) is 24.2. The number of para-hydroxylation sites is 3. The molecule has 24 nitrogen and oxygen atoms in total. The van der Waals surface area contributed by atoms with Crippen LogP contribution in [0.5, 0.6) is 34.5 Å². The van der Waals surface area contributed by atoms with E-state index in [1.54, 1.807) is 14.7 Å². The summed E-state index contributed by atoms with van der Waals surface area (Å²) in [5.74, 6) is -7.45. The Morgan fingerprint density at radius 3 is 0.868 bits per heavy atom. The molecule has 13 N–H and O–H groups in total. The molecule has 6 amide bonds. The molecule has 368 valence electrons. The van der Waals surface area contributed by atoms with Crippen LogP contribution in [0.3, 0.4) is 0 Å². The number of nitrogens with one attached hydrogen (secondary N) is 6. The van der Waals surface area contributed by atoms with Crippen molar-refractivity contribution < 1.29 is 119 Å². The normalized spacial score (nSPS) is 14.2. The van der Waals surface area contributed by atoms with Crippen LogP contribution in [0, 0.1) is 49.4 Å². The van der Waals surface area contributed by atoms with E-state index in [1.807, 2.05) is 4.90 Å². The second-order valence-electron chi connectivity index (χ2n) is 15.3. The van der Waals surface area contributed by atoms with Crippen LogP contribution < -0.4 is 31.9 Å². The molecule has 1 aliphatic heterocycles. The summed E-state index contributed by atoms with van der Waals surface area (Å²) in [5, 5.41) is 84.6. The van der Waals surface area contributed by atoms with E-state index in [0.717, 1.165) is 0 Å². The number of hydrogen-bond acceptors (Lipinski definition) is 17. The third-order valence-electron chi connectivity index (χ3n) is 10.4. The summed E-state index contributed by atoms with van der Waals surface area (Å²) < 4.78 is 0. The number of aromatic hydroxyl groups is 6. The summed E-state index contributed by atoms with van der Waals surface area (Å²) >= 11 is 0. The van der Waals surface area contributed by atoms with E-state index in [4.69, 9.17) is 0 Å². The Morgan fingerprint density at radius 2 is 0.618 bits per heavy atom. The molecule has 1 fully saturated rings. The van der Waals surface area contributed by atoms with Gasteiger partial charge in [-0.15, -0.1) is 0 Å². The van der Waals surface area contributed by atoms with Gasteiger partial charge in [0.15, 0.2) is 34.5 Å². The number of phenols is 6. The molecular weight excluding hydrogens is 1030 g/mol. The van der Waals surface area contributed by atoms with Crippen molar-refractivity contribution in [2.45, 2.75) is 0 Å². The molecule has 0 spiro atoms. The van der Waals surface area contributed by atoms with Crippen LogP contribution in [0.4, 0.5) is 0 Å². The van der Waals surface area contributed by atoms with Gasteiger partial charge in [-0.25, -0.2) is 0 Å². The number of amides is 6. The molecule has 1 aliphatic rings. The van der Waals surface area contributed by atoms with Gasteiger partial charge in [0, 0.05) is 91.6 Å². The Bertz CT molecular complexity index is 2120. The number of carboxylic acid groups (broad SMARTS) is 1. The van der Waals surface area contributed by atoms with Crippen molar-refractivity contribution in [3.63, 3.8) is 0 Å². The third kappa shape index (κ3) is 19.0. The average molecular weight is 1090 g/mol. The zero-order valence-electron chi connectivity index (χ0n) is 37.1. The van der Waals surface area contributed by atoms with Crippen molar-refractivity contribution in [1.29, 1.82) is 0 Å². The van der Waals surface area contributed by atoms with Gasteiger partial charge in [-0.3, -0.25) is 53.2 Å². The minimum atomic E-state index is -1.09. The van der Waals surface area contributed by atoms with Gasteiger partial charge in [0.2, 0.25) is 17.7 Å². The molecule has 0 aliphatic carbocycles. The maximum absolute atomic E-state index is 13.2. The largest absolute Gasteiger partial charge is 3.00 e. The first kappa shape index (κ1) is 56.5. The number of hydrogen-bond donors (Lipinski definition) is 13. The molecule has 0 saturated carbocycles. The van der Waals surface area contributed by atoms with E-state index in [2.05, 4.69) is 31.9 Å². The van der Waals surface area contributed by atoms with E-state index in [0.29, 0.717) is 0 Å². The monoisotopic (exact) mass is 1090 g/mol. The Hall–Kier alpha value is -5.83. The third-order valence-corrected chi connectivity index (χ3v) is 10.4. The van der Waals surface area contributed by atoms with Crippen molar-refractivity contribution >= 4 is 41.4 Å². The molecule has 68 heavy (non-hydrogen) atoms. The van der Waals surface area contributed by atoms with Crippen molar-refractivity contribution in [1.82, 2.24) is 51.5 Å². The van der Waals surface area contributed by atoms with Crippen molar-refractivity contribution in [3.05, 3.63) is 71.3 Å². The molecule has 0 atom stereocenters. The van der Waals surface area contributed by atoms with Crippen LogP contribution >= 0.6 is 0 Å². The predicted molar refractivity (Wildman–Crippen MR) is 239 cm³/mol. The van der Waals surface area contributed by atoms with Gasteiger partial charge in [-0.1, -0.05) is 18.2 Å². The van der Waals surface area contributed by atoms with Gasteiger partial charge >= 0.3 is 55.3 Å². The Balaban J connectivity index is 0.0000122. The van der Waals surface area contributed by atoms with Gasteiger partial charge in [0.1, 0.15) is 0 Å². The summed E-state index contributed by atoms with van der Waals surface area (Å²) in [4.78, 5) is 96.0. The number of carbonyl (C=O) groups excluding carboxylic acids is 6. The summed E-state index contributed by atoms with van der Waals surface area (Å²) in [6, 6.07) is 11.8. The molecule has 25 heteroatoms. The molecule has 3 aromatic rings. The van der Waals surface area contributed by atoms with E-state index >= 15 is 0 Å². The van der Waals surface area contributed by atoms with Crippen LogP contribution in [0.25, 0.3) is 0 Å². The minimum absolute atomic E-state index is 0. The van der Waals surface area contributed by atoms with E-state index in [-0.39, 0.29) is 184 Å². The maximum Gasteiger partial charge on any atom is 3.00 e. The fraction of sp³-hybridized carbons (Fsp3) is 0.419. The molecule has 3 aromatic carbocycles. The SMILES string of the molecule is O=C(O)CN1CCN(CC(=O)NCCNC(=O)c2cccc(O)c2O)CCN(CC(=O)NCCNC(=O)c2cccc(O)c2O)CCN(CC(=O)NCCNC(=O)c2cccc(O)c2O)CC1.[Eu+3]. The number of benzene rings is 3. The second-order valence-corrected chi connectivity index (χ2v) is 15.3. The molecule has 1 heterocycles. The molecule has 0 bridgehead atoms. The number of aliphatic carboxylic acids is 1. The zero-order valence-corrected chi connectivity index (χ0v) is 39.5. The van der Waals surface area contributed by atoms with Crippen molar-refractivity contribution in [2.75, 3.05) is 118 Å². The van der Waals surface area contributed by atoms with Crippen LogP contribution in [0.15, 0.2) is 54.6 Å². The first-order valence-electron chi connectivity index (χ1n) is 21.3. The molecular formula is C43H58EuN10O14+3. The van der Waals surface area contributed by atoms with Crippen LogP contribution in [-0.4, -0.2) is 215 Å². The molecule has 0 radical (unpaired) electrons. The van der Waals surface area contributed by atoms with Crippen molar-refractivity contribution in [3.8, 4) is 34.5 Å². The van der Waals surface area contributed by atoms with Gasteiger partial charge in [-0.2, -0.15) is 0 Å². The molecule has 0 unspecified atom stereocenters. The predicted octanol–water partition coefficient (Wildman–Crippen LogP) is -2.84. The van der Waals surface area contributed by atoms with E-state index in [9.17, 15) is 69.3 Å². The molecule has 4 rings (SSSR count). The second kappa shape index (κ2) is 29.1. The quantitative estimate of drug-likeness (QED) is 0.0401. The standard InChI is InChI=1S/C43H58N10O14.Eu/c54-31-7-1-4-28(38(31)62)41(65)47-13-10-44-34(57)24-50-16-18-51(25-35(58)45-11-14-48-42(66)29-5-2-8-32(55)39(29)63)20-22-53(27-37(60)61)23-21-52(19-17-50)26-36(59)46-12-15-49-43(67)30-6-3-9-33(56)40(30)64;/h1-9,54-56,62-64H,10-27H2,(H,44,57)(H,45,58)(H,46,59)(H,47,65)(H,48,66)(H,49,67)(H,60,61);/q;+3. The Labute approximate surface area is 432 Å². The van der Waals surface area contributed by atoms with Crippen molar-refractivity contribution in [2.24, 2.45) is 0 Å². The number of carboxylic acids is 1. The minimum Gasteiger partial charge on any atom is -0.504 e. The van der Waals surface area contributed by atoms with Crippen LogP contribution in [-0.2, 0) is 19.2 Å². The topological polar surface area (TPSA) is 346 Å². The van der Waals surface area contributed by atoms with Gasteiger partial charge in [0.05, 0.1) is 42.9 Å². The summed E-state index contributed by atoms with van der Waals surface area (Å²) in [6.45, 7) is 1.17. The summed E-state index contributed by atoms with van der Waals surface area (Å²) in [6.07, 6.45) is 0. The van der Waals surface area contributed by atoms with Crippen LogP contribution in [0.1, 0.15) is 31.1 Å². The maximum atomic E-state index is 13.2. The zero-order chi connectivity index (χ0) is 48.9. The fourth-order valence-corrected chi connectivity index (χ4v) is 6.74. The smallest absolute Gasteiger partial charge is 0.504 e. The van der Waals surface area contributed by atoms with Crippen LogP contribution in [0.2, 0.25) is 0 Å². The number of rotatable bonds is 20. The van der Waals surface area contributed by atoms with E-state index < -0.39 is 75.9 Å². The number of carbonyl (C=O) groups is 7. The number of nitrogens with zero attached hydrogens (tertiary/aromatic N) is 4. The fourth-order valence-electron chi connectivity index (χ4n) is 6.74. The summed E-state index contributed by atoms with van der Waals surface area (Å²) in [7, 11) is 0.